The number of carbonyl (C=O) groups excluding carboxylic acids is 1. The van der Waals surface area contributed by atoms with Crippen LogP contribution in [0.2, 0.25) is 5.02 Å². The second kappa shape index (κ2) is 8.00. The van der Waals surface area contributed by atoms with Crippen molar-refractivity contribution >= 4 is 28.3 Å². The molecule has 1 amide bonds. The standard InChI is InChI=1S/C20H25ClN2O4/c1-13(11-24)23-10-7-14-15(19(23)26)5-6-16(21)17(14)18(25)22-12-20(27)8-3-2-4-9-20/h5-7,10,13,24,27H,2-4,8-9,11-12H2,1H3,(H,22,25)/t13-/m1/s1. The van der Waals surface area contributed by atoms with Crippen molar-refractivity contribution in [2.24, 2.45) is 0 Å². The topological polar surface area (TPSA) is 91.6 Å². The average molecular weight is 393 g/mol. The molecule has 0 bridgehead atoms. The van der Waals surface area contributed by atoms with Crippen LogP contribution in [0, 0.1) is 0 Å². The van der Waals surface area contributed by atoms with E-state index in [4.69, 9.17) is 11.6 Å². The molecule has 0 radical (unpaired) electrons. The van der Waals surface area contributed by atoms with Gasteiger partial charge in [-0.3, -0.25) is 9.59 Å². The summed E-state index contributed by atoms with van der Waals surface area (Å²) < 4.78 is 1.43. The zero-order chi connectivity index (χ0) is 19.6. The van der Waals surface area contributed by atoms with Crippen molar-refractivity contribution in [1.82, 2.24) is 9.88 Å². The van der Waals surface area contributed by atoms with Crippen LogP contribution in [0.25, 0.3) is 10.8 Å². The number of aliphatic hydroxyl groups excluding tert-OH is 1. The van der Waals surface area contributed by atoms with Gasteiger partial charge in [-0.1, -0.05) is 30.9 Å². The number of nitrogens with zero attached hydrogens (tertiary/aromatic N) is 1. The molecule has 146 valence electrons. The van der Waals surface area contributed by atoms with E-state index in [9.17, 15) is 19.8 Å². The molecule has 3 rings (SSSR count). The number of benzene rings is 1. The van der Waals surface area contributed by atoms with Gasteiger partial charge < -0.3 is 20.1 Å². The van der Waals surface area contributed by atoms with Crippen molar-refractivity contribution in [3.05, 3.63) is 45.3 Å². The molecular weight excluding hydrogens is 368 g/mol. The van der Waals surface area contributed by atoms with Crippen molar-refractivity contribution in [3.63, 3.8) is 0 Å². The molecule has 1 aliphatic rings. The second-order valence-electron chi connectivity index (χ2n) is 7.41. The molecule has 1 atom stereocenters. The van der Waals surface area contributed by atoms with Crippen molar-refractivity contribution in [3.8, 4) is 0 Å². The first-order valence-electron chi connectivity index (χ1n) is 9.31. The zero-order valence-electron chi connectivity index (χ0n) is 15.4. The lowest BCUT2D eigenvalue weighted by molar-refractivity contribution is 0.00527. The minimum atomic E-state index is -0.881. The molecule has 0 unspecified atom stereocenters. The first kappa shape index (κ1) is 19.9. The van der Waals surface area contributed by atoms with Gasteiger partial charge in [0, 0.05) is 23.5 Å². The van der Waals surface area contributed by atoms with Gasteiger partial charge >= 0.3 is 0 Å². The Balaban J connectivity index is 1.93. The number of rotatable bonds is 5. The van der Waals surface area contributed by atoms with Crippen molar-refractivity contribution in [2.45, 2.75) is 50.7 Å². The fraction of sp³-hybridized carbons (Fsp3) is 0.500. The SMILES string of the molecule is C[C@H](CO)n1ccc2c(C(=O)NCC3(O)CCCCC3)c(Cl)ccc2c1=O. The molecule has 0 aliphatic heterocycles. The number of hydrogen-bond donors (Lipinski definition) is 3. The molecule has 2 aromatic rings. The molecule has 1 aliphatic carbocycles. The Morgan fingerprint density at radius 3 is 2.63 bits per heavy atom. The first-order valence-corrected chi connectivity index (χ1v) is 9.69. The Labute approximate surface area is 162 Å². The summed E-state index contributed by atoms with van der Waals surface area (Å²) in [5, 5.41) is 23.8. The van der Waals surface area contributed by atoms with Gasteiger partial charge in [-0.15, -0.1) is 0 Å². The predicted octanol–water partition coefficient (Wildman–Crippen LogP) is 2.63. The number of nitrogens with one attached hydrogen (secondary N) is 1. The Morgan fingerprint density at radius 2 is 1.96 bits per heavy atom. The Kier molecular flexibility index (Phi) is 5.89. The van der Waals surface area contributed by atoms with E-state index in [1.807, 2.05) is 0 Å². The highest BCUT2D eigenvalue weighted by atomic mass is 35.5. The van der Waals surface area contributed by atoms with Crippen LogP contribution >= 0.6 is 11.6 Å². The number of fused-ring (bicyclic) bond motifs is 1. The minimum Gasteiger partial charge on any atom is -0.394 e. The van der Waals surface area contributed by atoms with Crippen LogP contribution in [0.1, 0.15) is 55.4 Å². The summed E-state index contributed by atoms with van der Waals surface area (Å²) in [6.45, 7) is 1.74. The van der Waals surface area contributed by atoms with Crippen LogP contribution < -0.4 is 10.9 Å². The van der Waals surface area contributed by atoms with E-state index < -0.39 is 11.5 Å². The van der Waals surface area contributed by atoms with Crippen molar-refractivity contribution < 1.29 is 15.0 Å². The molecule has 1 heterocycles. The largest absolute Gasteiger partial charge is 0.394 e. The third-order valence-corrected chi connectivity index (χ3v) is 5.70. The van der Waals surface area contributed by atoms with Gasteiger partial charge in [0.15, 0.2) is 0 Å². The molecule has 3 N–H and O–H groups in total. The smallest absolute Gasteiger partial charge is 0.258 e. The average Bonchev–Trinajstić information content (AvgIpc) is 2.66. The van der Waals surface area contributed by atoms with Gasteiger partial charge in [0.25, 0.3) is 11.5 Å². The lowest BCUT2D eigenvalue weighted by atomic mass is 9.85. The molecule has 1 saturated carbocycles. The Morgan fingerprint density at radius 1 is 1.26 bits per heavy atom. The van der Waals surface area contributed by atoms with Crippen molar-refractivity contribution in [2.75, 3.05) is 13.2 Å². The molecule has 0 spiro atoms. The number of carbonyl (C=O) groups is 1. The zero-order valence-corrected chi connectivity index (χ0v) is 16.1. The van der Waals surface area contributed by atoms with E-state index in [0.717, 1.165) is 19.3 Å². The van der Waals surface area contributed by atoms with Crippen LogP contribution in [0.4, 0.5) is 0 Å². The van der Waals surface area contributed by atoms with Gasteiger partial charge in [-0.05, 0) is 38.0 Å². The first-order chi connectivity index (χ1) is 12.9. The van der Waals surface area contributed by atoms with Crippen molar-refractivity contribution in [1.29, 1.82) is 0 Å². The monoisotopic (exact) mass is 392 g/mol. The molecular formula is C20H25ClN2O4. The highest BCUT2D eigenvalue weighted by molar-refractivity contribution is 6.35. The van der Waals surface area contributed by atoms with E-state index in [2.05, 4.69) is 5.32 Å². The van der Waals surface area contributed by atoms with Gasteiger partial charge in [0.1, 0.15) is 0 Å². The summed E-state index contributed by atoms with van der Waals surface area (Å²) in [7, 11) is 0. The molecule has 7 heteroatoms. The van der Waals surface area contributed by atoms with Crippen LogP contribution in [-0.4, -0.2) is 39.4 Å². The number of pyridine rings is 1. The van der Waals surface area contributed by atoms with Gasteiger partial charge in [-0.2, -0.15) is 0 Å². The van der Waals surface area contributed by atoms with Gasteiger partial charge in [0.05, 0.1) is 28.8 Å². The third kappa shape index (κ3) is 4.03. The van der Waals surface area contributed by atoms with E-state index in [1.54, 1.807) is 25.3 Å². The lowest BCUT2D eigenvalue weighted by Gasteiger charge is -2.32. The number of halogens is 1. The number of aromatic nitrogens is 1. The van der Waals surface area contributed by atoms with Gasteiger partial charge in [-0.25, -0.2) is 0 Å². The highest BCUT2D eigenvalue weighted by Gasteiger charge is 2.30. The maximum absolute atomic E-state index is 12.8. The Bertz CT molecular complexity index is 903. The normalized spacial score (nSPS) is 17.6. The quantitative estimate of drug-likeness (QED) is 0.729. The number of hydrogen-bond acceptors (Lipinski definition) is 4. The van der Waals surface area contributed by atoms with Crippen LogP contribution in [0.5, 0.6) is 0 Å². The third-order valence-electron chi connectivity index (χ3n) is 5.39. The maximum Gasteiger partial charge on any atom is 0.258 e. The molecule has 0 saturated heterocycles. The summed E-state index contributed by atoms with van der Waals surface area (Å²) in [6, 6.07) is 4.42. The van der Waals surface area contributed by atoms with E-state index >= 15 is 0 Å². The fourth-order valence-electron chi connectivity index (χ4n) is 3.70. The molecule has 6 nitrogen and oxygen atoms in total. The molecule has 1 fully saturated rings. The summed E-state index contributed by atoms with van der Waals surface area (Å²) in [6.07, 6.45) is 5.89. The van der Waals surface area contributed by atoms with E-state index in [1.165, 1.54) is 10.6 Å². The van der Waals surface area contributed by atoms with Crippen LogP contribution in [0.15, 0.2) is 29.2 Å². The van der Waals surface area contributed by atoms with E-state index in [0.29, 0.717) is 23.6 Å². The second-order valence-corrected chi connectivity index (χ2v) is 7.82. The summed E-state index contributed by atoms with van der Waals surface area (Å²) >= 11 is 6.26. The number of amides is 1. The fourth-order valence-corrected chi connectivity index (χ4v) is 3.95. The van der Waals surface area contributed by atoms with Gasteiger partial charge in [0.2, 0.25) is 0 Å². The maximum atomic E-state index is 12.8. The number of aliphatic hydroxyl groups is 2. The molecule has 1 aromatic heterocycles. The van der Waals surface area contributed by atoms with Crippen LogP contribution in [-0.2, 0) is 0 Å². The summed E-state index contributed by atoms with van der Waals surface area (Å²) in [4.78, 5) is 25.5. The molecule has 27 heavy (non-hydrogen) atoms. The minimum absolute atomic E-state index is 0.162. The lowest BCUT2D eigenvalue weighted by Crippen LogP contribution is -2.44. The van der Waals surface area contributed by atoms with Crippen LogP contribution in [0.3, 0.4) is 0 Å². The highest BCUT2D eigenvalue weighted by Crippen LogP contribution is 2.28. The predicted molar refractivity (Wildman–Crippen MR) is 105 cm³/mol. The molecule has 1 aromatic carbocycles. The van der Waals surface area contributed by atoms with E-state index in [-0.39, 0.29) is 35.3 Å². The summed E-state index contributed by atoms with van der Waals surface area (Å²) in [5.74, 6) is -0.406. The summed E-state index contributed by atoms with van der Waals surface area (Å²) in [5.41, 5.74) is -0.936. The Hall–Kier alpha value is -1.89.